The van der Waals surface area contributed by atoms with Gasteiger partial charge in [-0.1, -0.05) is 18.2 Å². The molecule has 4 nitrogen and oxygen atoms in total. The Morgan fingerprint density at radius 1 is 1.33 bits per heavy atom. The number of fused-ring (bicyclic) bond motifs is 1. The summed E-state index contributed by atoms with van der Waals surface area (Å²) in [5, 5.41) is 8.45. The van der Waals surface area contributed by atoms with E-state index in [-0.39, 0.29) is 12.5 Å². The number of amides is 1. The molecule has 0 saturated carbocycles. The van der Waals surface area contributed by atoms with Gasteiger partial charge in [0, 0.05) is 12.5 Å². The van der Waals surface area contributed by atoms with Gasteiger partial charge < -0.3 is 5.73 Å². The molecule has 2 rings (SSSR count). The lowest BCUT2D eigenvalue weighted by molar-refractivity contribution is -0.129. The van der Waals surface area contributed by atoms with Crippen molar-refractivity contribution in [2.24, 2.45) is 5.73 Å². The zero-order valence-corrected chi connectivity index (χ0v) is 10.5. The van der Waals surface area contributed by atoms with E-state index < -0.39 is 5.91 Å². The van der Waals surface area contributed by atoms with Crippen LogP contribution in [0.2, 0.25) is 0 Å². The van der Waals surface area contributed by atoms with Gasteiger partial charge in [0.25, 0.3) is 0 Å². The van der Waals surface area contributed by atoms with Crippen LogP contribution >= 0.6 is 0 Å². The number of carbonyl (C=O) groups excluding carboxylic acids is 1. The van der Waals surface area contributed by atoms with E-state index in [9.17, 15) is 4.79 Å². The summed E-state index contributed by atoms with van der Waals surface area (Å²) >= 11 is 0. The topological polar surface area (TPSA) is 75.4 Å². The molecule has 1 unspecified atom stereocenters. The average molecular weight is 248 g/mol. The van der Waals surface area contributed by atoms with Crippen LogP contribution in [0.15, 0.2) is 18.2 Å². The van der Waals surface area contributed by atoms with Crippen LogP contribution < -0.4 is 11.2 Å². The third kappa shape index (κ3) is 3.31. The Morgan fingerprint density at radius 3 is 2.78 bits per heavy atom. The summed E-state index contributed by atoms with van der Waals surface area (Å²) in [5.74, 6) is -0.430. The van der Waals surface area contributed by atoms with Gasteiger partial charge in [0.05, 0.1) is 0 Å². The van der Waals surface area contributed by atoms with Crippen molar-refractivity contribution in [2.45, 2.75) is 44.6 Å². The Labute approximate surface area is 107 Å². The van der Waals surface area contributed by atoms with Gasteiger partial charge in [-0.25, -0.2) is 5.48 Å². The lowest BCUT2D eigenvalue weighted by Crippen LogP contribution is -2.31. The monoisotopic (exact) mass is 248 g/mol. The highest BCUT2D eigenvalue weighted by Crippen LogP contribution is 2.22. The van der Waals surface area contributed by atoms with Crippen LogP contribution in [0, 0.1) is 0 Å². The molecule has 1 amide bonds. The lowest BCUT2D eigenvalue weighted by atomic mass is 9.89. The summed E-state index contributed by atoms with van der Waals surface area (Å²) in [6.07, 6.45) is 5.68. The Kier molecular flexibility index (Phi) is 4.33. The van der Waals surface area contributed by atoms with E-state index >= 15 is 0 Å². The fourth-order valence-corrected chi connectivity index (χ4v) is 2.57. The van der Waals surface area contributed by atoms with E-state index in [0.717, 1.165) is 6.42 Å². The molecule has 1 atom stereocenters. The molecule has 0 radical (unpaired) electrons. The first-order valence-corrected chi connectivity index (χ1v) is 6.48. The van der Waals surface area contributed by atoms with E-state index in [2.05, 4.69) is 18.2 Å². The minimum absolute atomic E-state index is 0.146. The maximum absolute atomic E-state index is 11.0. The maximum atomic E-state index is 11.0. The molecule has 1 aromatic carbocycles. The highest BCUT2D eigenvalue weighted by Gasteiger charge is 2.13. The Balaban J connectivity index is 1.99. The standard InChI is InChI=1S/C14H20N2O2/c15-13(9-14(17)16-18)8-10-5-6-11-3-1-2-4-12(11)7-10/h5-7,13,18H,1-4,8-9,15H2,(H,16,17). The van der Waals surface area contributed by atoms with Crippen LogP contribution in [0.1, 0.15) is 36.0 Å². The fraction of sp³-hybridized carbons (Fsp3) is 0.500. The van der Waals surface area contributed by atoms with Gasteiger partial charge >= 0.3 is 0 Å². The second-order valence-corrected chi connectivity index (χ2v) is 5.01. The summed E-state index contributed by atoms with van der Waals surface area (Å²) in [6.45, 7) is 0. The fourth-order valence-electron chi connectivity index (χ4n) is 2.57. The zero-order chi connectivity index (χ0) is 13.0. The molecule has 0 aliphatic heterocycles. The highest BCUT2D eigenvalue weighted by atomic mass is 16.5. The number of rotatable bonds is 4. The number of benzene rings is 1. The van der Waals surface area contributed by atoms with Gasteiger partial charge in [0.2, 0.25) is 5.91 Å². The van der Waals surface area contributed by atoms with E-state index in [0.29, 0.717) is 6.42 Å². The number of hydrogen-bond acceptors (Lipinski definition) is 3. The Bertz CT molecular complexity index is 432. The van der Waals surface area contributed by atoms with Gasteiger partial charge in [0.15, 0.2) is 0 Å². The molecule has 0 spiro atoms. The summed E-state index contributed by atoms with van der Waals surface area (Å²) in [6, 6.07) is 6.24. The van der Waals surface area contributed by atoms with Crippen molar-refractivity contribution in [1.29, 1.82) is 0 Å². The molecule has 4 N–H and O–H groups in total. The molecule has 0 saturated heterocycles. The summed E-state index contributed by atoms with van der Waals surface area (Å²) < 4.78 is 0. The molecule has 98 valence electrons. The molecule has 1 aromatic rings. The third-order valence-electron chi connectivity index (χ3n) is 3.48. The zero-order valence-electron chi connectivity index (χ0n) is 10.5. The van der Waals surface area contributed by atoms with Crippen molar-refractivity contribution in [3.8, 4) is 0 Å². The van der Waals surface area contributed by atoms with Crippen LogP contribution in [-0.4, -0.2) is 17.2 Å². The Hall–Kier alpha value is -1.39. The first-order chi connectivity index (χ1) is 8.69. The first kappa shape index (κ1) is 13.1. The number of nitrogens with two attached hydrogens (primary N) is 1. The number of aryl methyl sites for hydroxylation is 2. The number of carbonyl (C=O) groups is 1. The second-order valence-electron chi connectivity index (χ2n) is 5.01. The molecular formula is C14H20N2O2. The van der Waals surface area contributed by atoms with Crippen molar-refractivity contribution in [2.75, 3.05) is 0 Å². The van der Waals surface area contributed by atoms with E-state index in [4.69, 9.17) is 10.9 Å². The van der Waals surface area contributed by atoms with E-state index in [1.54, 1.807) is 5.48 Å². The van der Waals surface area contributed by atoms with Crippen LogP contribution in [0.3, 0.4) is 0 Å². The SMILES string of the molecule is NC(CC(=O)NO)Cc1ccc2c(c1)CCCC2. The molecule has 0 bridgehead atoms. The number of hydroxylamine groups is 1. The van der Waals surface area contributed by atoms with Crippen LogP contribution in [0.4, 0.5) is 0 Å². The molecule has 0 heterocycles. The molecular weight excluding hydrogens is 228 g/mol. The minimum Gasteiger partial charge on any atom is -0.327 e. The molecule has 1 aliphatic rings. The van der Waals surface area contributed by atoms with Crippen LogP contribution in [0.25, 0.3) is 0 Å². The smallest absolute Gasteiger partial charge is 0.244 e. The van der Waals surface area contributed by atoms with E-state index in [1.165, 1.54) is 36.0 Å². The van der Waals surface area contributed by atoms with Crippen molar-refractivity contribution in [3.05, 3.63) is 34.9 Å². The maximum Gasteiger partial charge on any atom is 0.244 e. The van der Waals surface area contributed by atoms with Crippen molar-refractivity contribution >= 4 is 5.91 Å². The third-order valence-corrected chi connectivity index (χ3v) is 3.48. The summed E-state index contributed by atoms with van der Waals surface area (Å²) in [4.78, 5) is 11.0. The molecule has 1 aliphatic carbocycles. The Morgan fingerprint density at radius 2 is 2.06 bits per heavy atom. The first-order valence-electron chi connectivity index (χ1n) is 6.48. The molecule has 4 heteroatoms. The normalized spacial score (nSPS) is 15.9. The van der Waals surface area contributed by atoms with Crippen molar-refractivity contribution in [1.82, 2.24) is 5.48 Å². The van der Waals surface area contributed by atoms with Gasteiger partial charge in [-0.05, 0) is 48.8 Å². The number of nitrogens with one attached hydrogen (secondary N) is 1. The minimum atomic E-state index is -0.430. The lowest BCUT2D eigenvalue weighted by Gasteiger charge is -2.17. The average Bonchev–Trinajstić information content (AvgIpc) is 2.38. The van der Waals surface area contributed by atoms with Crippen LogP contribution in [-0.2, 0) is 24.1 Å². The second kappa shape index (κ2) is 5.98. The highest BCUT2D eigenvalue weighted by molar-refractivity contribution is 5.75. The van der Waals surface area contributed by atoms with Gasteiger partial charge in [0.1, 0.15) is 0 Å². The van der Waals surface area contributed by atoms with Gasteiger partial charge in [-0.3, -0.25) is 10.0 Å². The van der Waals surface area contributed by atoms with Crippen LogP contribution in [0.5, 0.6) is 0 Å². The largest absolute Gasteiger partial charge is 0.327 e. The molecule has 0 aromatic heterocycles. The van der Waals surface area contributed by atoms with Crippen molar-refractivity contribution < 1.29 is 10.0 Å². The quantitative estimate of drug-likeness (QED) is 0.556. The predicted molar refractivity (Wildman–Crippen MR) is 69.3 cm³/mol. The molecule has 18 heavy (non-hydrogen) atoms. The van der Waals surface area contributed by atoms with Crippen molar-refractivity contribution in [3.63, 3.8) is 0 Å². The summed E-state index contributed by atoms with van der Waals surface area (Å²) in [7, 11) is 0. The summed E-state index contributed by atoms with van der Waals surface area (Å²) in [5.41, 5.74) is 11.6. The number of hydrogen-bond donors (Lipinski definition) is 3. The van der Waals surface area contributed by atoms with Gasteiger partial charge in [-0.15, -0.1) is 0 Å². The van der Waals surface area contributed by atoms with E-state index in [1.807, 2.05) is 0 Å². The van der Waals surface area contributed by atoms with Gasteiger partial charge in [-0.2, -0.15) is 0 Å². The molecule has 0 fully saturated rings. The predicted octanol–water partition coefficient (Wildman–Crippen LogP) is 1.33.